The maximum absolute atomic E-state index is 13.3. The fourth-order valence-corrected chi connectivity index (χ4v) is 2.45. The van der Waals surface area contributed by atoms with Crippen LogP contribution < -0.4 is 27.2 Å². The molecule has 1 atom stereocenters. The topological polar surface area (TPSA) is 67.3 Å². The zero-order valence-electron chi connectivity index (χ0n) is 10.8. The molecule has 0 unspecified atom stereocenters. The average molecular weight is 285 g/mol. The Morgan fingerprint density at radius 3 is 2.79 bits per heavy atom. The van der Waals surface area contributed by atoms with Crippen molar-refractivity contribution in [2.24, 2.45) is 11.5 Å². The van der Waals surface area contributed by atoms with E-state index in [1.807, 2.05) is 0 Å². The molecule has 1 aromatic carbocycles. The molecule has 2 rings (SSSR count). The van der Waals surface area contributed by atoms with E-state index in [4.69, 9.17) is 23.1 Å². The van der Waals surface area contributed by atoms with E-state index in [2.05, 4.69) is 17.1 Å². The van der Waals surface area contributed by atoms with E-state index in [1.165, 1.54) is 12.1 Å². The third kappa shape index (κ3) is 2.93. The molecule has 1 heterocycles. The molecule has 19 heavy (non-hydrogen) atoms. The first-order chi connectivity index (χ1) is 9.00. The van der Waals surface area contributed by atoms with Crippen LogP contribution in [0.3, 0.4) is 0 Å². The maximum Gasteiger partial charge on any atom is 0.123 e. The van der Waals surface area contributed by atoms with Crippen LogP contribution in [-0.4, -0.2) is 30.6 Å². The molecule has 1 aromatic rings. The first-order valence-corrected chi connectivity index (χ1v) is 6.56. The number of rotatable bonds is 1. The van der Waals surface area contributed by atoms with Crippen LogP contribution >= 0.6 is 11.6 Å². The Morgan fingerprint density at radius 1 is 1.42 bits per heavy atom. The van der Waals surface area contributed by atoms with Crippen LogP contribution in [-0.2, 0) is 0 Å². The van der Waals surface area contributed by atoms with Crippen molar-refractivity contribution >= 4 is 22.6 Å². The van der Waals surface area contributed by atoms with Gasteiger partial charge in [-0.25, -0.2) is 4.39 Å². The summed E-state index contributed by atoms with van der Waals surface area (Å²) < 4.78 is 13.3. The fraction of sp³-hybridized carbons (Fsp3) is 0.385. The van der Waals surface area contributed by atoms with Crippen LogP contribution in [0.1, 0.15) is 6.92 Å². The van der Waals surface area contributed by atoms with Crippen LogP contribution in [0.15, 0.2) is 18.2 Å². The van der Waals surface area contributed by atoms with E-state index < -0.39 is 0 Å². The SMILES string of the molecule is C[C@@H]1CNCCN1/C(N)=c1\ccc(F)c\c1=C(\N)Cl. The van der Waals surface area contributed by atoms with Gasteiger partial charge in [-0.15, -0.1) is 0 Å². The van der Waals surface area contributed by atoms with Gasteiger partial charge in [-0.2, -0.15) is 0 Å². The summed E-state index contributed by atoms with van der Waals surface area (Å²) in [5.74, 6) is 0.191. The van der Waals surface area contributed by atoms with E-state index in [9.17, 15) is 4.39 Å². The molecule has 4 nitrogen and oxygen atoms in total. The summed E-state index contributed by atoms with van der Waals surface area (Å²) >= 11 is 5.83. The van der Waals surface area contributed by atoms with Crippen LogP contribution in [0.4, 0.5) is 4.39 Å². The smallest absolute Gasteiger partial charge is 0.123 e. The number of nitrogens with one attached hydrogen (secondary N) is 1. The molecule has 1 aliphatic heterocycles. The molecule has 5 N–H and O–H groups in total. The molecule has 0 aromatic heterocycles. The van der Waals surface area contributed by atoms with Crippen molar-refractivity contribution in [3.63, 3.8) is 0 Å². The standard InChI is InChI=1S/C13H18ClFN4/c1-8-7-18-4-5-19(8)13(17)10-3-2-9(15)6-11(10)12(14)16/h2-3,6,8,18H,4-5,7,16-17H2,1H3/b12-11-,13-10+/t8-/m1/s1. The maximum atomic E-state index is 13.3. The van der Waals surface area contributed by atoms with Crippen molar-refractivity contribution < 1.29 is 4.39 Å². The fourth-order valence-electron chi connectivity index (χ4n) is 2.29. The first kappa shape index (κ1) is 14.0. The van der Waals surface area contributed by atoms with E-state index >= 15 is 0 Å². The molecule has 0 amide bonds. The number of nitrogens with zero attached hydrogens (tertiary/aromatic N) is 1. The lowest BCUT2D eigenvalue weighted by atomic mass is 10.2. The van der Waals surface area contributed by atoms with Crippen LogP contribution in [0.5, 0.6) is 0 Å². The number of nitrogens with two attached hydrogens (primary N) is 2. The average Bonchev–Trinajstić information content (AvgIpc) is 2.38. The number of halogens is 2. The van der Waals surface area contributed by atoms with Gasteiger partial charge in [0.15, 0.2) is 0 Å². The Morgan fingerprint density at radius 2 is 2.16 bits per heavy atom. The van der Waals surface area contributed by atoms with Gasteiger partial charge in [0, 0.05) is 36.1 Å². The van der Waals surface area contributed by atoms with Crippen LogP contribution in [0, 0.1) is 5.82 Å². The van der Waals surface area contributed by atoms with Crippen molar-refractivity contribution in [2.45, 2.75) is 13.0 Å². The first-order valence-electron chi connectivity index (χ1n) is 6.18. The quantitative estimate of drug-likeness (QED) is 0.603. The molecule has 1 saturated heterocycles. The minimum atomic E-state index is -0.386. The van der Waals surface area contributed by atoms with Gasteiger partial charge in [-0.3, -0.25) is 0 Å². The second-order valence-corrected chi connectivity index (χ2v) is 5.08. The summed E-state index contributed by atoms with van der Waals surface area (Å²) in [7, 11) is 0. The largest absolute Gasteiger partial charge is 0.389 e. The number of piperazine rings is 1. The lowest BCUT2D eigenvalue weighted by Crippen LogP contribution is -2.52. The summed E-state index contributed by atoms with van der Waals surface area (Å²) in [6, 6.07) is 4.54. The molecular weight excluding hydrogens is 267 g/mol. The number of benzene rings is 1. The zero-order chi connectivity index (χ0) is 14.0. The molecule has 1 fully saturated rings. The van der Waals surface area contributed by atoms with Gasteiger partial charge >= 0.3 is 0 Å². The second kappa shape index (κ2) is 5.67. The van der Waals surface area contributed by atoms with Crippen LogP contribution in [0.2, 0.25) is 0 Å². The lowest BCUT2D eigenvalue weighted by Gasteiger charge is -2.35. The van der Waals surface area contributed by atoms with Crippen molar-refractivity contribution in [1.82, 2.24) is 10.2 Å². The molecule has 0 aliphatic carbocycles. The minimum absolute atomic E-state index is 0.0419. The monoisotopic (exact) mass is 284 g/mol. The van der Waals surface area contributed by atoms with Crippen molar-refractivity contribution in [1.29, 1.82) is 0 Å². The van der Waals surface area contributed by atoms with Crippen molar-refractivity contribution in [3.8, 4) is 0 Å². The molecule has 1 aliphatic rings. The molecule has 0 radical (unpaired) electrons. The predicted molar refractivity (Wildman–Crippen MR) is 75.7 cm³/mol. The zero-order valence-corrected chi connectivity index (χ0v) is 11.5. The molecule has 0 bridgehead atoms. The van der Waals surface area contributed by atoms with Crippen LogP contribution in [0.25, 0.3) is 11.0 Å². The van der Waals surface area contributed by atoms with Crippen molar-refractivity contribution in [2.75, 3.05) is 19.6 Å². The van der Waals surface area contributed by atoms with Gasteiger partial charge in [-0.1, -0.05) is 11.6 Å². The normalized spacial score (nSPS) is 23.1. The number of hydrogen-bond donors (Lipinski definition) is 3. The highest BCUT2D eigenvalue weighted by molar-refractivity contribution is 6.44. The van der Waals surface area contributed by atoms with Gasteiger partial charge in [0.05, 0.1) is 0 Å². The van der Waals surface area contributed by atoms with Gasteiger partial charge < -0.3 is 21.7 Å². The second-order valence-electron chi connectivity index (χ2n) is 4.67. The molecule has 6 heteroatoms. The summed E-state index contributed by atoms with van der Waals surface area (Å²) in [6.07, 6.45) is 0. The predicted octanol–water partition coefficient (Wildman–Crippen LogP) is -0.593. The highest BCUT2D eigenvalue weighted by Gasteiger charge is 2.19. The lowest BCUT2D eigenvalue weighted by molar-refractivity contribution is 0.254. The van der Waals surface area contributed by atoms with Crippen molar-refractivity contribution in [3.05, 3.63) is 34.5 Å². The van der Waals surface area contributed by atoms with Gasteiger partial charge in [0.2, 0.25) is 0 Å². The summed E-state index contributed by atoms with van der Waals surface area (Å²) in [5, 5.41) is 4.44. The van der Waals surface area contributed by atoms with E-state index in [0.717, 1.165) is 19.6 Å². The highest BCUT2D eigenvalue weighted by atomic mass is 35.5. The Balaban J connectivity index is 2.61. The Hall–Kier alpha value is -1.46. The van der Waals surface area contributed by atoms with E-state index in [1.54, 1.807) is 6.07 Å². The van der Waals surface area contributed by atoms with Gasteiger partial charge in [0.1, 0.15) is 16.8 Å². The van der Waals surface area contributed by atoms with Gasteiger partial charge in [-0.05, 0) is 25.1 Å². The molecular formula is C13H18ClFN4. The van der Waals surface area contributed by atoms with E-state index in [0.29, 0.717) is 16.3 Å². The molecule has 0 saturated carbocycles. The highest BCUT2D eigenvalue weighted by Crippen LogP contribution is 2.06. The summed E-state index contributed by atoms with van der Waals surface area (Å²) in [4.78, 5) is 2.08. The molecule has 0 spiro atoms. The third-order valence-electron chi connectivity index (χ3n) is 3.33. The minimum Gasteiger partial charge on any atom is -0.389 e. The Bertz CT molecular complexity index is 583. The Kier molecular flexibility index (Phi) is 4.17. The third-order valence-corrected chi connectivity index (χ3v) is 3.53. The summed E-state index contributed by atoms with van der Waals surface area (Å²) in [6.45, 7) is 4.60. The summed E-state index contributed by atoms with van der Waals surface area (Å²) in [5.41, 5.74) is 11.8. The van der Waals surface area contributed by atoms with Gasteiger partial charge in [0.25, 0.3) is 0 Å². The number of hydrogen-bond acceptors (Lipinski definition) is 4. The Labute approximate surface area is 116 Å². The van der Waals surface area contributed by atoms with E-state index in [-0.39, 0.29) is 17.0 Å². The molecule has 104 valence electrons.